The van der Waals surface area contributed by atoms with Gasteiger partial charge in [0.15, 0.2) is 5.58 Å². The number of fused-ring (bicyclic) bond motifs is 1. The lowest BCUT2D eigenvalue weighted by Gasteiger charge is -2.24. The number of oxazole rings is 1. The second-order valence-corrected chi connectivity index (χ2v) is 6.84. The predicted octanol–water partition coefficient (Wildman–Crippen LogP) is 3.12. The fourth-order valence-corrected chi connectivity index (χ4v) is 2.52. The van der Waals surface area contributed by atoms with E-state index in [4.69, 9.17) is 13.9 Å². The Kier molecular flexibility index (Phi) is 4.23. The van der Waals surface area contributed by atoms with Crippen LogP contribution in [0.3, 0.4) is 0 Å². The molecule has 1 aliphatic heterocycles. The van der Waals surface area contributed by atoms with Crippen LogP contribution in [-0.4, -0.2) is 45.7 Å². The molecule has 1 fully saturated rings. The van der Waals surface area contributed by atoms with Crippen LogP contribution in [0.1, 0.15) is 27.2 Å². The van der Waals surface area contributed by atoms with Crippen molar-refractivity contribution in [2.75, 3.05) is 13.1 Å². The molecule has 1 aliphatic rings. The van der Waals surface area contributed by atoms with Crippen molar-refractivity contribution in [3.63, 3.8) is 0 Å². The summed E-state index contributed by atoms with van der Waals surface area (Å²) in [5.74, 6) is 0. The molecule has 25 heavy (non-hydrogen) atoms. The molecule has 0 unspecified atom stereocenters. The van der Waals surface area contributed by atoms with E-state index < -0.39 is 10.5 Å². The van der Waals surface area contributed by atoms with Crippen LogP contribution in [0.2, 0.25) is 0 Å². The van der Waals surface area contributed by atoms with Crippen LogP contribution in [-0.2, 0) is 4.74 Å². The molecule has 0 aliphatic carbocycles. The van der Waals surface area contributed by atoms with E-state index >= 15 is 0 Å². The average Bonchev–Trinajstić information content (AvgIpc) is 3.11. The fourth-order valence-electron chi connectivity index (χ4n) is 2.52. The third kappa shape index (κ3) is 3.98. The molecular formula is C16H19N3O6. The average molecular weight is 349 g/mol. The molecule has 0 bridgehead atoms. The lowest BCUT2D eigenvalue weighted by molar-refractivity contribution is -0.384. The van der Waals surface area contributed by atoms with Gasteiger partial charge in [0.1, 0.15) is 17.2 Å². The van der Waals surface area contributed by atoms with Gasteiger partial charge in [-0.05, 0) is 26.8 Å². The maximum absolute atomic E-state index is 12.0. The first-order valence-corrected chi connectivity index (χ1v) is 7.91. The van der Waals surface area contributed by atoms with Crippen LogP contribution in [0.25, 0.3) is 11.1 Å². The SMILES string of the molecule is CC(C)(C)OC(=O)N1CC[C@H](Oc2nc3cc([N+](=O)[O-])ccc3o2)C1. The van der Waals surface area contributed by atoms with Gasteiger partial charge in [-0.3, -0.25) is 10.1 Å². The minimum atomic E-state index is -0.551. The molecule has 1 aromatic carbocycles. The molecule has 9 nitrogen and oxygen atoms in total. The number of non-ortho nitro benzene ring substituents is 1. The van der Waals surface area contributed by atoms with Crippen molar-refractivity contribution < 1.29 is 23.6 Å². The number of carbonyl (C=O) groups is 1. The van der Waals surface area contributed by atoms with Crippen molar-refractivity contribution in [3.05, 3.63) is 28.3 Å². The standard InChI is InChI=1S/C16H19N3O6/c1-16(2,3)25-15(20)18-7-6-11(9-18)23-14-17-12-8-10(19(21)22)4-5-13(12)24-14/h4-5,8,11H,6-7,9H2,1-3H3/t11-/m0/s1. The summed E-state index contributed by atoms with van der Waals surface area (Å²) in [5.41, 5.74) is 0.142. The smallest absolute Gasteiger partial charge is 0.410 e. The Morgan fingerprint density at radius 2 is 2.20 bits per heavy atom. The van der Waals surface area contributed by atoms with Crippen molar-refractivity contribution >= 4 is 22.9 Å². The fraction of sp³-hybridized carbons (Fsp3) is 0.500. The van der Waals surface area contributed by atoms with Crippen LogP contribution in [0.15, 0.2) is 22.6 Å². The highest BCUT2D eigenvalue weighted by Gasteiger charge is 2.31. The summed E-state index contributed by atoms with van der Waals surface area (Å²) >= 11 is 0. The maximum atomic E-state index is 12.0. The lowest BCUT2D eigenvalue weighted by Crippen LogP contribution is -2.36. The Morgan fingerprint density at radius 3 is 2.88 bits per heavy atom. The molecule has 0 spiro atoms. The van der Waals surface area contributed by atoms with Crippen molar-refractivity contribution in [3.8, 4) is 6.08 Å². The molecule has 3 rings (SSSR count). The quantitative estimate of drug-likeness (QED) is 0.618. The first-order valence-electron chi connectivity index (χ1n) is 7.91. The molecule has 1 atom stereocenters. The van der Waals surface area contributed by atoms with Crippen LogP contribution >= 0.6 is 0 Å². The number of benzene rings is 1. The Balaban J connectivity index is 1.64. The Hall–Kier alpha value is -2.84. The van der Waals surface area contributed by atoms with Crippen LogP contribution < -0.4 is 4.74 Å². The largest absolute Gasteiger partial charge is 0.445 e. The third-order valence-corrected chi connectivity index (χ3v) is 3.63. The Bertz CT molecular complexity index is 810. The Labute approximate surface area is 143 Å². The van der Waals surface area contributed by atoms with E-state index in [2.05, 4.69) is 4.98 Å². The van der Waals surface area contributed by atoms with Crippen LogP contribution in [0.5, 0.6) is 6.08 Å². The topological polar surface area (TPSA) is 108 Å². The number of likely N-dealkylation sites (tertiary alicyclic amines) is 1. The summed E-state index contributed by atoms with van der Waals surface area (Å²) in [6.07, 6.45) is 0.00637. The third-order valence-electron chi connectivity index (χ3n) is 3.63. The van der Waals surface area contributed by atoms with Gasteiger partial charge in [-0.25, -0.2) is 4.79 Å². The minimum Gasteiger partial charge on any atom is -0.445 e. The summed E-state index contributed by atoms with van der Waals surface area (Å²) in [4.78, 5) is 28.0. The van der Waals surface area contributed by atoms with E-state index in [1.54, 1.807) is 4.90 Å². The van der Waals surface area contributed by atoms with E-state index in [9.17, 15) is 14.9 Å². The highest BCUT2D eigenvalue weighted by atomic mass is 16.6. The summed E-state index contributed by atoms with van der Waals surface area (Å²) < 4.78 is 16.5. The van der Waals surface area contributed by atoms with Crippen LogP contribution in [0.4, 0.5) is 10.5 Å². The van der Waals surface area contributed by atoms with Gasteiger partial charge in [0.25, 0.3) is 5.69 Å². The number of nitro groups is 1. The number of aromatic nitrogens is 1. The summed E-state index contributed by atoms with van der Waals surface area (Å²) in [6.45, 7) is 6.32. The molecule has 1 amide bonds. The van der Waals surface area contributed by atoms with E-state index in [1.807, 2.05) is 20.8 Å². The molecule has 9 heteroatoms. The van der Waals surface area contributed by atoms with Gasteiger partial charge in [0.2, 0.25) is 0 Å². The first kappa shape index (κ1) is 17.0. The maximum Gasteiger partial charge on any atom is 0.410 e. The second kappa shape index (κ2) is 6.23. The molecule has 1 aromatic heterocycles. The zero-order valence-corrected chi connectivity index (χ0v) is 14.2. The minimum absolute atomic E-state index is 0.0338. The lowest BCUT2D eigenvalue weighted by atomic mass is 10.2. The highest BCUT2D eigenvalue weighted by molar-refractivity contribution is 5.76. The van der Waals surface area contributed by atoms with Gasteiger partial charge in [-0.1, -0.05) is 0 Å². The van der Waals surface area contributed by atoms with Gasteiger partial charge in [0, 0.05) is 25.1 Å². The zero-order chi connectivity index (χ0) is 18.2. The molecule has 2 heterocycles. The Morgan fingerprint density at radius 1 is 1.44 bits per heavy atom. The predicted molar refractivity (Wildman–Crippen MR) is 87.5 cm³/mol. The molecular weight excluding hydrogens is 330 g/mol. The van der Waals surface area contributed by atoms with Crippen molar-refractivity contribution in [2.24, 2.45) is 0 Å². The summed E-state index contributed by atoms with van der Waals surface area (Å²) in [6, 6.07) is 4.15. The van der Waals surface area contributed by atoms with Crippen molar-refractivity contribution in [1.82, 2.24) is 9.88 Å². The van der Waals surface area contributed by atoms with Gasteiger partial charge in [-0.2, -0.15) is 4.98 Å². The molecule has 0 radical (unpaired) electrons. The zero-order valence-electron chi connectivity index (χ0n) is 14.2. The molecule has 1 saturated heterocycles. The summed E-state index contributed by atoms with van der Waals surface area (Å²) in [7, 11) is 0. The first-order chi connectivity index (χ1) is 11.7. The van der Waals surface area contributed by atoms with Gasteiger partial charge >= 0.3 is 12.2 Å². The number of carbonyl (C=O) groups excluding carboxylic acids is 1. The molecule has 134 valence electrons. The monoisotopic (exact) mass is 349 g/mol. The number of ether oxygens (including phenoxy) is 2. The van der Waals surface area contributed by atoms with Gasteiger partial charge in [0.05, 0.1) is 11.5 Å². The van der Waals surface area contributed by atoms with Gasteiger partial charge < -0.3 is 18.8 Å². The number of nitrogens with zero attached hydrogens (tertiary/aromatic N) is 3. The number of hydrogen-bond donors (Lipinski definition) is 0. The van der Waals surface area contributed by atoms with E-state index in [-0.39, 0.29) is 24.0 Å². The van der Waals surface area contributed by atoms with Crippen molar-refractivity contribution in [2.45, 2.75) is 38.9 Å². The van der Waals surface area contributed by atoms with E-state index in [1.165, 1.54) is 18.2 Å². The van der Waals surface area contributed by atoms with E-state index in [0.717, 1.165) is 0 Å². The molecule has 0 saturated carbocycles. The normalized spacial score (nSPS) is 17.7. The number of rotatable bonds is 3. The number of amides is 1. The molecule has 2 aromatic rings. The van der Waals surface area contributed by atoms with Crippen LogP contribution in [0, 0.1) is 10.1 Å². The molecule has 0 N–H and O–H groups in total. The number of hydrogen-bond acceptors (Lipinski definition) is 7. The summed E-state index contributed by atoms with van der Waals surface area (Å²) in [5, 5.41) is 10.8. The highest BCUT2D eigenvalue weighted by Crippen LogP contribution is 2.26. The van der Waals surface area contributed by atoms with E-state index in [0.29, 0.717) is 30.6 Å². The number of nitro benzene ring substituents is 1. The van der Waals surface area contributed by atoms with Gasteiger partial charge in [-0.15, -0.1) is 0 Å². The second-order valence-electron chi connectivity index (χ2n) is 6.84. The van der Waals surface area contributed by atoms with Crippen molar-refractivity contribution in [1.29, 1.82) is 0 Å².